The van der Waals surface area contributed by atoms with Crippen LogP contribution in [0.4, 0.5) is 13.2 Å². The molecule has 1 aromatic carbocycles. The molecule has 0 unspecified atom stereocenters. The number of nitrogens with zero attached hydrogens (tertiary/aromatic N) is 1. The first-order valence-electron chi connectivity index (χ1n) is 10.2. The molecular formula is C19H23BF3N3O9. The van der Waals surface area contributed by atoms with Crippen LogP contribution in [0.25, 0.3) is 0 Å². The van der Waals surface area contributed by atoms with Crippen molar-refractivity contribution in [1.29, 1.82) is 0 Å². The summed E-state index contributed by atoms with van der Waals surface area (Å²) in [7, 11) is -1.05. The molecule has 7 N–H and O–H groups in total. The number of alkyl halides is 3. The Morgan fingerprint density at radius 3 is 2.34 bits per heavy atom. The Morgan fingerprint density at radius 1 is 1.23 bits per heavy atom. The molecule has 2 aliphatic heterocycles. The number of carbonyl (C=O) groups excluding carboxylic acids is 2. The van der Waals surface area contributed by atoms with E-state index in [1.165, 1.54) is 4.90 Å². The predicted octanol–water partition coefficient (Wildman–Crippen LogP) is -0.384. The van der Waals surface area contributed by atoms with E-state index in [-0.39, 0.29) is 41.9 Å². The Morgan fingerprint density at radius 2 is 1.83 bits per heavy atom. The zero-order chi connectivity index (χ0) is 26.5. The summed E-state index contributed by atoms with van der Waals surface area (Å²) in [6.07, 6.45) is -4.27. The lowest BCUT2D eigenvalue weighted by atomic mass is 9.78. The van der Waals surface area contributed by atoms with Crippen LogP contribution in [0, 0.1) is 0 Å². The summed E-state index contributed by atoms with van der Waals surface area (Å²) in [5, 5.41) is 26.4. The summed E-state index contributed by atoms with van der Waals surface area (Å²) in [6, 6.07) is 2.43. The lowest BCUT2D eigenvalue weighted by Crippen LogP contribution is -2.56. The molecule has 2 heterocycles. The lowest BCUT2D eigenvalue weighted by molar-refractivity contribution is -0.192. The van der Waals surface area contributed by atoms with Gasteiger partial charge in [-0.25, -0.2) is 9.59 Å². The van der Waals surface area contributed by atoms with Gasteiger partial charge in [0.2, 0.25) is 11.8 Å². The molecule has 0 spiro atoms. The Bertz CT molecular complexity index is 986. The maximum absolute atomic E-state index is 12.1. The van der Waals surface area contributed by atoms with Crippen LogP contribution in [0.1, 0.15) is 28.8 Å². The summed E-state index contributed by atoms with van der Waals surface area (Å²) in [5.41, 5.74) is 11.1. The van der Waals surface area contributed by atoms with Crippen molar-refractivity contribution in [3.05, 3.63) is 23.3 Å². The van der Waals surface area contributed by atoms with Crippen molar-refractivity contribution in [2.24, 2.45) is 11.5 Å². The van der Waals surface area contributed by atoms with Gasteiger partial charge in [0.05, 0.1) is 19.1 Å². The van der Waals surface area contributed by atoms with Crippen LogP contribution >= 0.6 is 0 Å². The Labute approximate surface area is 196 Å². The first-order chi connectivity index (χ1) is 16.2. The number of benzene rings is 1. The lowest BCUT2D eigenvalue weighted by Gasteiger charge is -2.39. The van der Waals surface area contributed by atoms with Crippen molar-refractivity contribution in [1.82, 2.24) is 4.90 Å². The van der Waals surface area contributed by atoms with Crippen LogP contribution < -0.4 is 20.9 Å². The number of hydrogen-bond acceptors (Lipinski definition) is 8. The molecule has 0 aliphatic carbocycles. The molecule has 1 fully saturated rings. The van der Waals surface area contributed by atoms with Crippen molar-refractivity contribution >= 4 is 30.9 Å². The van der Waals surface area contributed by atoms with Gasteiger partial charge in [-0.3, -0.25) is 9.59 Å². The van der Waals surface area contributed by atoms with Gasteiger partial charge >= 0.3 is 25.2 Å². The SMILES string of the molecule is NC(=O)[C@H](N)CCC(=O)N1CC(Oc2ccc3c(c2C(=O)O)OB(O)CC3)C1.O=C(O)C(F)(F)F. The molecule has 0 aromatic heterocycles. The molecule has 0 saturated carbocycles. The summed E-state index contributed by atoms with van der Waals surface area (Å²) < 4.78 is 42.8. The smallest absolute Gasteiger partial charge is 0.522 e. The van der Waals surface area contributed by atoms with E-state index < -0.39 is 37.2 Å². The van der Waals surface area contributed by atoms with Crippen LogP contribution in [0.5, 0.6) is 11.5 Å². The number of halogens is 3. The molecule has 3 rings (SSSR count). The minimum absolute atomic E-state index is 0.0990. The van der Waals surface area contributed by atoms with E-state index in [4.69, 9.17) is 30.8 Å². The first-order valence-corrected chi connectivity index (χ1v) is 10.2. The number of aliphatic carboxylic acids is 1. The fourth-order valence-corrected chi connectivity index (χ4v) is 3.19. The van der Waals surface area contributed by atoms with E-state index in [0.717, 1.165) is 0 Å². The second-order valence-electron chi connectivity index (χ2n) is 7.73. The van der Waals surface area contributed by atoms with Gasteiger partial charge in [-0.1, -0.05) is 6.07 Å². The fraction of sp³-hybridized carbons (Fsp3) is 0.474. The van der Waals surface area contributed by atoms with E-state index in [1.54, 1.807) is 12.1 Å². The van der Waals surface area contributed by atoms with E-state index in [9.17, 15) is 37.7 Å². The predicted molar refractivity (Wildman–Crippen MR) is 112 cm³/mol. The third kappa shape index (κ3) is 7.48. The number of carboxylic acid groups (broad SMARTS) is 2. The summed E-state index contributed by atoms with van der Waals surface area (Å²) >= 11 is 0. The Hall–Kier alpha value is -3.53. The molecule has 2 amide bonds. The zero-order valence-corrected chi connectivity index (χ0v) is 18.2. The molecule has 192 valence electrons. The van der Waals surface area contributed by atoms with E-state index in [1.807, 2.05) is 0 Å². The molecule has 0 radical (unpaired) electrons. The summed E-state index contributed by atoms with van der Waals surface area (Å²) in [4.78, 5) is 45.1. The van der Waals surface area contributed by atoms with Gasteiger partial charge in [0, 0.05) is 6.42 Å². The third-order valence-electron chi connectivity index (χ3n) is 5.10. The average Bonchev–Trinajstić information content (AvgIpc) is 2.72. The standard InChI is InChI=1S/C17H22BN3O7.C2HF3O2/c19-11(16(20)23)2-4-13(22)21-7-10(8-21)27-12-3-1-9-5-6-18(26)28-15(9)14(12)17(24)25;3-2(4,5)1(6)7/h1,3,10-11,26H,2,4-8,19H2,(H2,20,23)(H,24,25);(H,6,7)/t11-;/m1./s1. The maximum atomic E-state index is 12.1. The fourth-order valence-electron chi connectivity index (χ4n) is 3.19. The second-order valence-corrected chi connectivity index (χ2v) is 7.73. The number of ether oxygens (including phenoxy) is 1. The molecule has 35 heavy (non-hydrogen) atoms. The minimum atomic E-state index is -5.08. The monoisotopic (exact) mass is 505 g/mol. The van der Waals surface area contributed by atoms with Gasteiger partial charge in [-0.05, 0) is 30.8 Å². The number of carboxylic acids is 2. The highest BCUT2D eigenvalue weighted by Gasteiger charge is 2.38. The quantitative estimate of drug-likeness (QED) is 0.304. The highest BCUT2D eigenvalue weighted by molar-refractivity contribution is 6.44. The van der Waals surface area contributed by atoms with E-state index in [2.05, 4.69) is 0 Å². The van der Waals surface area contributed by atoms with Crippen LogP contribution in [0.15, 0.2) is 12.1 Å². The number of fused-ring (bicyclic) bond motifs is 1. The molecule has 0 bridgehead atoms. The van der Waals surface area contributed by atoms with Crippen LogP contribution in [0.2, 0.25) is 6.32 Å². The molecule has 2 aliphatic rings. The molecule has 1 aromatic rings. The van der Waals surface area contributed by atoms with Crippen molar-refractivity contribution in [3.8, 4) is 11.5 Å². The maximum Gasteiger partial charge on any atom is 0.522 e. The normalized spacial score (nSPS) is 16.0. The second kappa shape index (κ2) is 11.3. The van der Waals surface area contributed by atoms with Gasteiger partial charge in [0.25, 0.3) is 0 Å². The number of likely N-dealkylation sites (tertiary alicyclic amines) is 1. The summed E-state index contributed by atoms with van der Waals surface area (Å²) in [5.74, 6) is -4.55. The Kier molecular flexibility index (Phi) is 8.92. The van der Waals surface area contributed by atoms with Gasteiger partial charge in [0.15, 0.2) is 0 Å². The van der Waals surface area contributed by atoms with Crippen LogP contribution in [-0.2, 0) is 20.8 Å². The van der Waals surface area contributed by atoms with Gasteiger partial charge in [-0.2, -0.15) is 13.2 Å². The number of hydrogen-bond donors (Lipinski definition) is 5. The number of aromatic carboxylic acids is 1. The number of aryl methyl sites for hydroxylation is 1. The average molecular weight is 505 g/mol. The molecular weight excluding hydrogens is 482 g/mol. The highest BCUT2D eigenvalue weighted by Crippen LogP contribution is 2.37. The van der Waals surface area contributed by atoms with Crippen molar-refractivity contribution < 1.29 is 57.0 Å². The number of nitrogens with two attached hydrogens (primary N) is 2. The van der Waals surface area contributed by atoms with Crippen LogP contribution in [0.3, 0.4) is 0 Å². The largest absolute Gasteiger partial charge is 0.535 e. The topological polar surface area (TPSA) is 203 Å². The van der Waals surface area contributed by atoms with Crippen LogP contribution in [-0.4, -0.2) is 82.4 Å². The number of carbonyl (C=O) groups is 4. The Balaban J connectivity index is 0.000000540. The number of primary amides is 1. The highest BCUT2D eigenvalue weighted by atomic mass is 19.4. The first kappa shape index (κ1) is 27.7. The summed E-state index contributed by atoms with van der Waals surface area (Å²) in [6.45, 7) is 0.592. The number of amides is 2. The van der Waals surface area contributed by atoms with Crippen molar-refractivity contribution in [3.63, 3.8) is 0 Å². The van der Waals surface area contributed by atoms with E-state index >= 15 is 0 Å². The molecule has 12 nitrogen and oxygen atoms in total. The number of rotatable bonds is 7. The van der Waals surface area contributed by atoms with Gasteiger partial charge < -0.3 is 41.0 Å². The zero-order valence-electron chi connectivity index (χ0n) is 18.2. The molecule has 1 atom stereocenters. The van der Waals surface area contributed by atoms with Gasteiger partial charge in [-0.15, -0.1) is 0 Å². The van der Waals surface area contributed by atoms with Crippen molar-refractivity contribution in [2.75, 3.05) is 13.1 Å². The van der Waals surface area contributed by atoms with E-state index in [0.29, 0.717) is 31.4 Å². The van der Waals surface area contributed by atoms with Gasteiger partial charge in [0.1, 0.15) is 23.2 Å². The molecule has 16 heteroatoms. The van der Waals surface area contributed by atoms with Crippen molar-refractivity contribution in [2.45, 2.75) is 43.9 Å². The minimum Gasteiger partial charge on any atom is -0.535 e. The molecule has 1 saturated heterocycles. The third-order valence-corrected chi connectivity index (χ3v) is 5.10.